The first kappa shape index (κ1) is 28.0. The average Bonchev–Trinajstić information content (AvgIpc) is 2.88. The van der Waals surface area contributed by atoms with Gasteiger partial charge in [0.05, 0.1) is 5.56 Å². The number of halogens is 3. The monoisotopic (exact) mass is 539 g/mol. The topological polar surface area (TPSA) is 61.9 Å². The van der Waals surface area contributed by atoms with Gasteiger partial charge < -0.3 is 19.9 Å². The normalized spacial score (nSPS) is 14.2. The highest BCUT2D eigenvalue weighted by Crippen LogP contribution is 2.33. The van der Waals surface area contributed by atoms with E-state index in [1.807, 2.05) is 45.9 Å². The molecular weight excluding hydrogens is 507 g/mol. The Hall–Kier alpha value is -4.01. The molecule has 1 fully saturated rings. The molecular formula is C30H32F3N3O3. The van der Waals surface area contributed by atoms with Crippen LogP contribution < -0.4 is 10.2 Å². The molecule has 0 aromatic heterocycles. The van der Waals surface area contributed by atoms with Gasteiger partial charge in [-0.05, 0) is 86.8 Å². The maximum Gasteiger partial charge on any atom is 0.416 e. The van der Waals surface area contributed by atoms with Crippen LogP contribution in [0.4, 0.5) is 29.3 Å². The molecule has 0 bridgehead atoms. The first-order valence-corrected chi connectivity index (χ1v) is 12.7. The highest BCUT2D eigenvalue weighted by Gasteiger charge is 2.30. The number of nitrogens with zero attached hydrogens (tertiary/aromatic N) is 2. The summed E-state index contributed by atoms with van der Waals surface area (Å²) in [6.45, 7) is 9.76. The van der Waals surface area contributed by atoms with E-state index >= 15 is 0 Å². The summed E-state index contributed by atoms with van der Waals surface area (Å²) in [5.41, 5.74) is 2.56. The molecule has 4 rings (SSSR count). The van der Waals surface area contributed by atoms with Crippen LogP contribution in [0.5, 0.6) is 0 Å². The number of hydrogen-bond acceptors (Lipinski definition) is 4. The largest absolute Gasteiger partial charge is 0.444 e. The van der Waals surface area contributed by atoms with Crippen molar-refractivity contribution in [3.63, 3.8) is 0 Å². The Balaban J connectivity index is 1.43. The number of aryl methyl sites for hydroxylation is 1. The number of anilines is 2. The van der Waals surface area contributed by atoms with Gasteiger partial charge in [-0.2, -0.15) is 13.2 Å². The predicted molar refractivity (Wildman–Crippen MR) is 146 cm³/mol. The molecule has 0 aliphatic carbocycles. The molecule has 1 aliphatic heterocycles. The number of hydrogen-bond donors (Lipinski definition) is 1. The van der Waals surface area contributed by atoms with Gasteiger partial charge in [-0.15, -0.1) is 0 Å². The van der Waals surface area contributed by atoms with Crippen molar-refractivity contribution in [2.45, 2.75) is 39.5 Å². The quantitative estimate of drug-likeness (QED) is 0.388. The molecule has 0 radical (unpaired) electrons. The van der Waals surface area contributed by atoms with E-state index in [9.17, 15) is 22.8 Å². The summed E-state index contributed by atoms with van der Waals surface area (Å²) in [5.74, 6) is -0.354. The van der Waals surface area contributed by atoms with E-state index in [0.717, 1.165) is 23.4 Å². The Morgan fingerprint density at radius 2 is 1.46 bits per heavy atom. The van der Waals surface area contributed by atoms with Gasteiger partial charge in [0.1, 0.15) is 5.60 Å². The molecule has 3 aromatic rings. The summed E-state index contributed by atoms with van der Waals surface area (Å²) < 4.78 is 44.5. The van der Waals surface area contributed by atoms with E-state index in [1.165, 1.54) is 12.1 Å². The summed E-state index contributed by atoms with van der Waals surface area (Å²) in [6.07, 6.45) is -4.74. The summed E-state index contributed by atoms with van der Waals surface area (Å²) in [4.78, 5) is 29.4. The summed E-state index contributed by atoms with van der Waals surface area (Å²) in [6, 6.07) is 17.5. The maximum absolute atomic E-state index is 13.2. The van der Waals surface area contributed by atoms with E-state index < -0.39 is 17.3 Å². The molecule has 9 heteroatoms. The van der Waals surface area contributed by atoms with Crippen LogP contribution in [0.3, 0.4) is 0 Å². The van der Waals surface area contributed by atoms with Crippen molar-refractivity contribution in [1.29, 1.82) is 0 Å². The number of nitrogens with one attached hydrogen (secondary N) is 1. The number of piperazine rings is 1. The fourth-order valence-electron chi connectivity index (χ4n) is 4.49. The van der Waals surface area contributed by atoms with Crippen molar-refractivity contribution in [3.8, 4) is 11.1 Å². The van der Waals surface area contributed by atoms with Gasteiger partial charge in [-0.3, -0.25) is 4.79 Å². The number of amides is 2. The number of rotatable bonds is 4. The lowest BCUT2D eigenvalue weighted by Crippen LogP contribution is -2.50. The molecule has 1 aliphatic rings. The van der Waals surface area contributed by atoms with Crippen LogP contribution in [0, 0.1) is 6.92 Å². The first-order valence-electron chi connectivity index (χ1n) is 12.7. The van der Waals surface area contributed by atoms with E-state index in [-0.39, 0.29) is 12.0 Å². The highest BCUT2D eigenvalue weighted by atomic mass is 19.4. The van der Waals surface area contributed by atoms with Crippen molar-refractivity contribution in [1.82, 2.24) is 4.90 Å². The van der Waals surface area contributed by atoms with Gasteiger partial charge in [0.2, 0.25) is 0 Å². The standard InChI is InChI=1S/C30H32F3N3O3/c1-20-6-5-7-25(26(20)21-8-10-22(11-9-21)30(31,32)33)27(37)34-23-12-14-24(15-13-23)35-16-18-36(19-17-35)28(38)39-29(2,3)4/h5-15H,16-19H2,1-4H3,(H,34,37). The van der Waals surface area contributed by atoms with Crippen LogP contribution in [-0.2, 0) is 10.9 Å². The zero-order valence-electron chi connectivity index (χ0n) is 22.4. The van der Waals surface area contributed by atoms with E-state index in [0.29, 0.717) is 48.6 Å². The SMILES string of the molecule is Cc1cccc(C(=O)Nc2ccc(N3CCN(C(=O)OC(C)(C)C)CC3)cc2)c1-c1ccc(C(F)(F)F)cc1. The molecule has 206 valence electrons. The molecule has 2 amide bonds. The third-order valence-electron chi connectivity index (χ3n) is 6.44. The van der Waals surface area contributed by atoms with E-state index in [1.54, 1.807) is 29.2 Å². The number of benzene rings is 3. The molecule has 39 heavy (non-hydrogen) atoms. The van der Waals surface area contributed by atoms with Gasteiger partial charge in [-0.25, -0.2) is 4.79 Å². The molecule has 0 atom stereocenters. The second-order valence-corrected chi connectivity index (χ2v) is 10.5. The lowest BCUT2D eigenvalue weighted by molar-refractivity contribution is -0.137. The molecule has 1 saturated heterocycles. The van der Waals surface area contributed by atoms with Gasteiger partial charge >= 0.3 is 12.3 Å². The van der Waals surface area contributed by atoms with Gasteiger partial charge in [-0.1, -0.05) is 24.3 Å². The number of ether oxygens (including phenoxy) is 1. The summed E-state index contributed by atoms with van der Waals surface area (Å²) >= 11 is 0. The fourth-order valence-corrected chi connectivity index (χ4v) is 4.49. The zero-order chi connectivity index (χ0) is 28.4. The van der Waals surface area contributed by atoms with Crippen molar-refractivity contribution in [3.05, 3.63) is 83.4 Å². The van der Waals surface area contributed by atoms with Gasteiger partial charge in [0, 0.05) is 43.1 Å². The Morgan fingerprint density at radius 3 is 2.03 bits per heavy atom. The minimum atomic E-state index is -4.43. The highest BCUT2D eigenvalue weighted by molar-refractivity contribution is 6.09. The molecule has 0 saturated carbocycles. The van der Waals surface area contributed by atoms with Crippen LogP contribution >= 0.6 is 0 Å². The Labute approximate surface area is 226 Å². The molecule has 0 spiro atoms. The average molecular weight is 540 g/mol. The summed E-state index contributed by atoms with van der Waals surface area (Å²) in [7, 11) is 0. The third-order valence-corrected chi connectivity index (χ3v) is 6.44. The first-order chi connectivity index (χ1) is 18.3. The number of alkyl halides is 3. The van der Waals surface area contributed by atoms with E-state index in [2.05, 4.69) is 10.2 Å². The zero-order valence-corrected chi connectivity index (χ0v) is 22.4. The number of carbonyl (C=O) groups is 2. The van der Waals surface area contributed by atoms with Crippen LogP contribution in [0.25, 0.3) is 11.1 Å². The second kappa shape index (κ2) is 11.0. The predicted octanol–water partition coefficient (Wildman–Crippen LogP) is 6.99. The Kier molecular flexibility index (Phi) is 7.90. The maximum atomic E-state index is 13.2. The second-order valence-electron chi connectivity index (χ2n) is 10.5. The van der Waals surface area contributed by atoms with Crippen LogP contribution in [-0.4, -0.2) is 48.7 Å². The molecule has 1 N–H and O–H groups in total. The fraction of sp³-hybridized carbons (Fsp3) is 0.333. The Morgan fingerprint density at radius 1 is 0.846 bits per heavy atom. The van der Waals surface area contributed by atoms with Gasteiger partial charge in [0.25, 0.3) is 5.91 Å². The minimum Gasteiger partial charge on any atom is -0.444 e. The number of carbonyl (C=O) groups excluding carboxylic acids is 2. The lowest BCUT2D eigenvalue weighted by atomic mass is 9.94. The van der Waals surface area contributed by atoms with Crippen molar-refractivity contribution < 1.29 is 27.5 Å². The van der Waals surface area contributed by atoms with Crippen LogP contribution in [0.2, 0.25) is 0 Å². The van der Waals surface area contributed by atoms with Crippen molar-refractivity contribution >= 4 is 23.4 Å². The molecule has 6 nitrogen and oxygen atoms in total. The summed E-state index contributed by atoms with van der Waals surface area (Å²) in [5, 5.41) is 2.90. The van der Waals surface area contributed by atoms with Crippen LogP contribution in [0.15, 0.2) is 66.7 Å². The lowest BCUT2D eigenvalue weighted by Gasteiger charge is -2.36. The van der Waals surface area contributed by atoms with Crippen molar-refractivity contribution in [2.24, 2.45) is 0 Å². The minimum absolute atomic E-state index is 0.313. The van der Waals surface area contributed by atoms with Crippen molar-refractivity contribution in [2.75, 3.05) is 36.4 Å². The third kappa shape index (κ3) is 6.90. The van der Waals surface area contributed by atoms with E-state index in [4.69, 9.17) is 4.74 Å². The molecule has 3 aromatic carbocycles. The molecule has 1 heterocycles. The Bertz CT molecular complexity index is 1320. The van der Waals surface area contributed by atoms with Gasteiger partial charge in [0.15, 0.2) is 0 Å². The molecule has 0 unspecified atom stereocenters. The smallest absolute Gasteiger partial charge is 0.416 e. The van der Waals surface area contributed by atoms with Crippen LogP contribution in [0.1, 0.15) is 42.3 Å².